The summed E-state index contributed by atoms with van der Waals surface area (Å²) in [7, 11) is 0. The number of anilines is 1. The van der Waals surface area contributed by atoms with Crippen LogP contribution in [0.4, 0.5) is 19.0 Å². The van der Waals surface area contributed by atoms with E-state index in [0.29, 0.717) is 48.1 Å². The Kier molecular flexibility index (Phi) is 6.28. The number of imidazole rings is 1. The quantitative estimate of drug-likeness (QED) is 0.425. The van der Waals surface area contributed by atoms with Crippen molar-refractivity contribution in [3.63, 3.8) is 0 Å². The predicted molar refractivity (Wildman–Crippen MR) is 130 cm³/mol. The summed E-state index contributed by atoms with van der Waals surface area (Å²) in [4.78, 5) is 36.5. The van der Waals surface area contributed by atoms with Crippen molar-refractivity contribution in [3.8, 4) is 5.69 Å². The number of nitrogens with one attached hydrogen (secondary N) is 1. The summed E-state index contributed by atoms with van der Waals surface area (Å²) in [5.41, 5.74) is 1.90. The lowest BCUT2D eigenvalue weighted by molar-refractivity contribution is -0.137. The van der Waals surface area contributed by atoms with Gasteiger partial charge in [-0.05, 0) is 48.9 Å². The number of pyridine rings is 2. The summed E-state index contributed by atoms with van der Waals surface area (Å²) < 4.78 is 41.4. The monoisotopic (exact) mass is 508 g/mol. The van der Waals surface area contributed by atoms with Crippen LogP contribution < -0.4 is 10.9 Å². The first kappa shape index (κ1) is 24.3. The first-order valence-corrected chi connectivity index (χ1v) is 11.6. The molecule has 0 saturated heterocycles. The number of aromatic nitrogens is 4. The van der Waals surface area contributed by atoms with Gasteiger partial charge in [-0.2, -0.15) is 13.2 Å². The van der Waals surface area contributed by atoms with E-state index in [4.69, 9.17) is 0 Å². The van der Waals surface area contributed by atoms with Crippen molar-refractivity contribution in [2.24, 2.45) is 0 Å². The van der Waals surface area contributed by atoms with Crippen LogP contribution in [-0.2, 0) is 25.8 Å². The number of rotatable bonds is 6. The van der Waals surface area contributed by atoms with Gasteiger partial charge in [-0.3, -0.25) is 9.59 Å². The van der Waals surface area contributed by atoms with Gasteiger partial charge >= 0.3 is 6.18 Å². The van der Waals surface area contributed by atoms with Gasteiger partial charge in [0.15, 0.2) is 0 Å². The number of benzene rings is 1. The van der Waals surface area contributed by atoms with Crippen molar-refractivity contribution in [2.45, 2.75) is 32.7 Å². The number of hydrogen-bond acceptors (Lipinski definition) is 5. The van der Waals surface area contributed by atoms with Crippen LogP contribution in [0.1, 0.15) is 33.0 Å². The molecule has 1 aromatic carbocycles. The maximum absolute atomic E-state index is 13.1. The van der Waals surface area contributed by atoms with Crippen molar-refractivity contribution in [2.75, 3.05) is 11.9 Å². The van der Waals surface area contributed by atoms with Crippen molar-refractivity contribution in [1.29, 1.82) is 0 Å². The Hall–Kier alpha value is -4.41. The van der Waals surface area contributed by atoms with Crippen molar-refractivity contribution < 1.29 is 18.0 Å². The maximum atomic E-state index is 13.1. The van der Waals surface area contributed by atoms with Gasteiger partial charge in [-0.25, -0.2) is 9.97 Å². The molecule has 1 N–H and O–H groups in total. The van der Waals surface area contributed by atoms with Gasteiger partial charge in [0, 0.05) is 25.8 Å². The zero-order chi connectivity index (χ0) is 26.2. The SMILES string of the molecule is Cc1cn(-c2ccc3n(c2=O)CCN(Cc2cccc(NCc4ccc(C(F)(F)F)cc4)n2)C3=O)cn1. The number of alkyl halides is 3. The minimum atomic E-state index is -4.37. The lowest BCUT2D eigenvalue weighted by atomic mass is 10.1. The van der Waals surface area contributed by atoms with Crippen LogP contribution >= 0.6 is 0 Å². The number of carbonyl (C=O) groups is 1. The lowest BCUT2D eigenvalue weighted by Gasteiger charge is -2.29. The number of fused-ring (bicyclic) bond motifs is 1. The Bertz CT molecular complexity index is 1510. The van der Waals surface area contributed by atoms with Crippen LogP contribution in [0.5, 0.6) is 0 Å². The number of hydrogen-bond donors (Lipinski definition) is 1. The molecule has 37 heavy (non-hydrogen) atoms. The molecule has 1 amide bonds. The van der Waals surface area contributed by atoms with Gasteiger partial charge in [0.2, 0.25) is 0 Å². The molecule has 1 aliphatic heterocycles. The maximum Gasteiger partial charge on any atom is 0.416 e. The fourth-order valence-corrected chi connectivity index (χ4v) is 4.23. The first-order chi connectivity index (χ1) is 17.7. The molecule has 4 heterocycles. The zero-order valence-corrected chi connectivity index (χ0v) is 19.9. The Morgan fingerprint density at radius 1 is 1.00 bits per heavy atom. The average molecular weight is 509 g/mol. The molecule has 3 aromatic heterocycles. The highest BCUT2D eigenvalue weighted by Crippen LogP contribution is 2.29. The largest absolute Gasteiger partial charge is 0.416 e. The molecular formula is C26H23F3N6O2. The number of aryl methyl sites for hydroxylation is 1. The Morgan fingerprint density at radius 2 is 1.78 bits per heavy atom. The number of nitrogens with zero attached hydrogens (tertiary/aromatic N) is 5. The highest BCUT2D eigenvalue weighted by atomic mass is 19.4. The molecule has 1 aliphatic rings. The molecule has 0 spiro atoms. The van der Waals surface area contributed by atoms with E-state index in [1.165, 1.54) is 16.7 Å². The fraction of sp³-hybridized carbons (Fsp3) is 0.231. The van der Waals surface area contributed by atoms with E-state index >= 15 is 0 Å². The van der Waals surface area contributed by atoms with Crippen molar-refractivity contribution in [3.05, 3.63) is 106 Å². The standard InChI is InChI=1S/C26H23F3N6O2/c1-17-14-34(16-31-17)21-9-10-22-24(36)33(11-12-35(22)25(21)37)15-20-3-2-4-23(32-20)30-13-18-5-7-19(8-6-18)26(27,28)29/h2-10,14,16H,11-13,15H2,1H3,(H,30,32). The third-order valence-electron chi connectivity index (χ3n) is 6.16. The fourth-order valence-electron chi connectivity index (χ4n) is 4.23. The molecule has 0 atom stereocenters. The molecule has 5 rings (SSSR count). The van der Waals surface area contributed by atoms with Gasteiger partial charge in [-0.1, -0.05) is 18.2 Å². The van der Waals surface area contributed by atoms with E-state index in [1.54, 1.807) is 52.3 Å². The van der Waals surface area contributed by atoms with Crippen LogP contribution in [0.25, 0.3) is 5.69 Å². The third-order valence-corrected chi connectivity index (χ3v) is 6.16. The molecule has 0 fully saturated rings. The smallest absolute Gasteiger partial charge is 0.366 e. The van der Waals surface area contributed by atoms with Crippen LogP contribution in [0, 0.1) is 6.92 Å². The average Bonchev–Trinajstić information content (AvgIpc) is 3.31. The number of carbonyl (C=O) groups excluding carboxylic acids is 1. The molecule has 4 aromatic rings. The topological polar surface area (TPSA) is 85.0 Å². The number of halogens is 3. The van der Waals surface area contributed by atoms with E-state index < -0.39 is 11.7 Å². The number of amides is 1. The van der Waals surface area contributed by atoms with Gasteiger partial charge in [0.1, 0.15) is 17.2 Å². The van der Waals surface area contributed by atoms with Gasteiger partial charge in [0.25, 0.3) is 11.5 Å². The van der Waals surface area contributed by atoms with Gasteiger partial charge in [0.05, 0.1) is 29.8 Å². The van der Waals surface area contributed by atoms with Crippen molar-refractivity contribution in [1.82, 2.24) is 24.0 Å². The summed E-state index contributed by atoms with van der Waals surface area (Å²) in [6, 6.07) is 13.6. The van der Waals surface area contributed by atoms with Crippen LogP contribution in [0.3, 0.4) is 0 Å². The summed E-state index contributed by atoms with van der Waals surface area (Å²) in [5.74, 6) is 0.278. The van der Waals surface area contributed by atoms with Crippen LogP contribution in [0.15, 0.2) is 71.9 Å². The lowest BCUT2D eigenvalue weighted by Crippen LogP contribution is -2.44. The summed E-state index contributed by atoms with van der Waals surface area (Å²) in [5, 5.41) is 3.11. The Balaban J connectivity index is 1.26. The van der Waals surface area contributed by atoms with Crippen molar-refractivity contribution >= 4 is 11.7 Å². The molecule has 0 bridgehead atoms. The highest BCUT2D eigenvalue weighted by Gasteiger charge is 2.30. The minimum absolute atomic E-state index is 0.254. The highest BCUT2D eigenvalue weighted by molar-refractivity contribution is 5.93. The third kappa shape index (κ3) is 5.11. The second kappa shape index (κ2) is 9.57. The predicted octanol–water partition coefficient (Wildman–Crippen LogP) is 4.02. The van der Waals surface area contributed by atoms with Crippen LogP contribution in [0.2, 0.25) is 0 Å². The van der Waals surface area contributed by atoms with E-state index in [0.717, 1.165) is 17.8 Å². The molecule has 11 heteroatoms. The molecule has 190 valence electrons. The van der Waals surface area contributed by atoms with Crippen LogP contribution in [-0.4, -0.2) is 36.5 Å². The zero-order valence-electron chi connectivity index (χ0n) is 19.9. The summed E-state index contributed by atoms with van der Waals surface area (Å²) in [6.45, 7) is 3.09. The van der Waals surface area contributed by atoms with E-state index in [-0.39, 0.29) is 18.0 Å². The second-order valence-electron chi connectivity index (χ2n) is 8.77. The summed E-state index contributed by atoms with van der Waals surface area (Å²) >= 11 is 0. The molecule has 0 saturated carbocycles. The Morgan fingerprint density at radius 3 is 2.49 bits per heavy atom. The van der Waals surface area contributed by atoms with Gasteiger partial charge < -0.3 is 19.4 Å². The van der Waals surface area contributed by atoms with E-state index in [1.807, 2.05) is 6.92 Å². The minimum Gasteiger partial charge on any atom is -0.366 e. The molecule has 8 nitrogen and oxygen atoms in total. The Labute approximate surface area is 210 Å². The van der Waals surface area contributed by atoms with E-state index in [2.05, 4.69) is 15.3 Å². The first-order valence-electron chi connectivity index (χ1n) is 11.6. The second-order valence-corrected chi connectivity index (χ2v) is 8.77. The van der Waals surface area contributed by atoms with Gasteiger partial charge in [-0.15, -0.1) is 0 Å². The summed E-state index contributed by atoms with van der Waals surface area (Å²) in [6.07, 6.45) is -1.05. The van der Waals surface area contributed by atoms with E-state index in [9.17, 15) is 22.8 Å². The molecule has 0 unspecified atom stereocenters. The molecular weight excluding hydrogens is 485 g/mol. The normalized spacial score (nSPS) is 13.5. The molecule has 0 aliphatic carbocycles. The molecule has 0 radical (unpaired) electrons.